The number of halogens is 1. The Kier molecular flexibility index (Phi) is 7.40. The second-order valence-corrected chi connectivity index (χ2v) is 10.5. The average Bonchev–Trinajstić information content (AvgIpc) is 3.41. The number of aliphatic hydroxyl groups is 3. The van der Waals surface area contributed by atoms with Crippen LogP contribution in [0.1, 0.15) is 49.3 Å². The molecule has 12 heteroatoms. The van der Waals surface area contributed by atoms with Crippen LogP contribution in [0.3, 0.4) is 0 Å². The first kappa shape index (κ1) is 25.3. The van der Waals surface area contributed by atoms with Crippen LogP contribution in [0.5, 0.6) is 0 Å². The second-order valence-electron chi connectivity index (χ2n) is 9.43. The topological polar surface area (TPSA) is 138 Å². The molecule has 0 radical (unpaired) electrons. The predicted molar refractivity (Wildman–Crippen MR) is 133 cm³/mol. The van der Waals surface area contributed by atoms with Crippen LogP contribution < -0.4 is 5.32 Å². The summed E-state index contributed by atoms with van der Waals surface area (Å²) in [6.07, 6.45) is -0.775. The van der Waals surface area contributed by atoms with E-state index >= 15 is 0 Å². The molecule has 2 fully saturated rings. The van der Waals surface area contributed by atoms with Crippen LogP contribution in [-0.4, -0.2) is 83.6 Å². The number of aromatic nitrogens is 5. The molecular formula is C24H31FN6O4S. The summed E-state index contributed by atoms with van der Waals surface area (Å²) in [5, 5.41) is 42.8. The van der Waals surface area contributed by atoms with Gasteiger partial charge in [0.05, 0.1) is 25.4 Å². The molecule has 10 nitrogen and oxygen atoms in total. The molecule has 2 heterocycles. The number of aliphatic hydroxyl groups excluding tert-OH is 3. The van der Waals surface area contributed by atoms with Crippen LogP contribution in [0, 0.1) is 12.7 Å². The van der Waals surface area contributed by atoms with Gasteiger partial charge in [0.2, 0.25) is 0 Å². The molecule has 0 aliphatic heterocycles. The molecule has 5 rings (SSSR count). The molecule has 0 saturated heterocycles. The highest BCUT2D eigenvalue weighted by Gasteiger charge is 2.45. The van der Waals surface area contributed by atoms with Gasteiger partial charge in [0.1, 0.15) is 18.0 Å². The molecule has 0 spiro atoms. The molecular weight excluding hydrogens is 487 g/mol. The Hall–Kier alpha value is -2.38. The van der Waals surface area contributed by atoms with Crippen LogP contribution >= 0.6 is 11.8 Å². The molecule has 36 heavy (non-hydrogen) atoms. The van der Waals surface area contributed by atoms with Gasteiger partial charge in [0.25, 0.3) is 0 Å². The van der Waals surface area contributed by atoms with E-state index in [2.05, 4.69) is 27.5 Å². The zero-order chi connectivity index (χ0) is 25.4. The molecule has 2 aliphatic rings. The normalized spacial score (nSPS) is 27.6. The Labute approximate surface area is 212 Å². The van der Waals surface area contributed by atoms with Crippen molar-refractivity contribution in [3.8, 4) is 0 Å². The maximum absolute atomic E-state index is 14.1. The number of benzene rings is 1. The number of thioether (sulfide) groups is 1. The first-order chi connectivity index (χ1) is 17.4. The quantitative estimate of drug-likeness (QED) is 0.233. The van der Waals surface area contributed by atoms with E-state index in [0.717, 1.165) is 24.2 Å². The van der Waals surface area contributed by atoms with Gasteiger partial charge in [-0.3, -0.25) is 0 Å². The van der Waals surface area contributed by atoms with Gasteiger partial charge in [-0.2, -0.15) is 0 Å². The largest absolute Gasteiger partial charge is 0.394 e. The standard InChI is InChI=1S/C24H31FN6O4S/c1-3-8-36-24-27-22(26-16-10-14(16)13-5-4-12(2)15(25)9-13)19-23(28-24)31(30-29-19)17-11-18(35-7-6-32)21(34)20(17)33/h4-5,9,14,16-18,20-21,32-34H,3,6-8,10-11H2,1-2H3,(H,26,27,28)/t14-,16?,17+,18-,20-,21+/m0/s1. The van der Waals surface area contributed by atoms with Crippen molar-refractivity contribution >= 4 is 28.7 Å². The zero-order valence-electron chi connectivity index (χ0n) is 20.2. The van der Waals surface area contributed by atoms with Gasteiger partial charge in [-0.15, -0.1) is 5.10 Å². The van der Waals surface area contributed by atoms with Crippen molar-refractivity contribution in [3.05, 3.63) is 35.1 Å². The van der Waals surface area contributed by atoms with Crippen LogP contribution in [0.4, 0.5) is 10.2 Å². The van der Waals surface area contributed by atoms with Crippen LogP contribution in [0.25, 0.3) is 11.2 Å². The fourth-order valence-corrected chi connectivity index (χ4v) is 5.40. The number of ether oxygens (including phenoxy) is 1. The lowest BCUT2D eigenvalue weighted by atomic mass is 10.1. The Morgan fingerprint density at radius 1 is 1.22 bits per heavy atom. The predicted octanol–water partition coefficient (Wildman–Crippen LogP) is 2.18. The number of nitrogens with zero attached hydrogens (tertiary/aromatic N) is 5. The zero-order valence-corrected chi connectivity index (χ0v) is 21.0. The van der Waals surface area contributed by atoms with Crippen molar-refractivity contribution in [2.24, 2.45) is 0 Å². The highest BCUT2D eigenvalue weighted by Crippen LogP contribution is 2.44. The summed E-state index contributed by atoms with van der Waals surface area (Å²) >= 11 is 1.52. The van der Waals surface area contributed by atoms with E-state index in [4.69, 9.17) is 14.8 Å². The van der Waals surface area contributed by atoms with E-state index in [1.54, 1.807) is 19.1 Å². The molecule has 2 saturated carbocycles. The number of nitrogens with one attached hydrogen (secondary N) is 1. The molecule has 2 aliphatic carbocycles. The van der Waals surface area contributed by atoms with E-state index in [1.165, 1.54) is 16.4 Å². The first-order valence-electron chi connectivity index (χ1n) is 12.3. The Bertz CT molecular complexity index is 1230. The lowest BCUT2D eigenvalue weighted by Crippen LogP contribution is -2.33. The maximum Gasteiger partial charge on any atom is 0.191 e. The van der Waals surface area contributed by atoms with Gasteiger partial charge >= 0.3 is 0 Å². The minimum Gasteiger partial charge on any atom is -0.394 e. The van der Waals surface area contributed by atoms with Gasteiger partial charge in [-0.1, -0.05) is 36.0 Å². The summed E-state index contributed by atoms with van der Waals surface area (Å²) in [7, 11) is 0. The molecule has 194 valence electrons. The van der Waals surface area contributed by atoms with Crippen molar-refractivity contribution < 1.29 is 24.4 Å². The molecule has 6 atom stereocenters. The van der Waals surface area contributed by atoms with Crippen LogP contribution in [0.2, 0.25) is 0 Å². The van der Waals surface area contributed by atoms with E-state index in [1.807, 2.05) is 6.07 Å². The summed E-state index contributed by atoms with van der Waals surface area (Å²) in [6, 6.07) is 4.84. The minimum absolute atomic E-state index is 0.0702. The molecule has 1 aromatic carbocycles. The monoisotopic (exact) mass is 518 g/mol. The van der Waals surface area contributed by atoms with Gasteiger partial charge < -0.3 is 25.4 Å². The number of anilines is 1. The second kappa shape index (κ2) is 10.5. The molecule has 4 N–H and O–H groups in total. The van der Waals surface area contributed by atoms with Crippen molar-refractivity contribution in [2.45, 2.75) is 74.6 Å². The average molecular weight is 519 g/mol. The smallest absolute Gasteiger partial charge is 0.191 e. The fourth-order valence-electron chi connectivity index (χ4n) is 4.71. The van der Waals surface area contributed by atoms with E-state index in [-0.39, 0.29) is 31.0 Å². The summed E-state index contributed by atoms with van der Waals surface area (Å²) in [5.74, 6) is 1.35. The molecule has 0 amide bonds. The number of fused-ring (bicyclic) bond motifs is 1. The van der Waals surface area contributed by atoms with Crippen LogP contribution in [0.15, 0.2) is 23.4 Å². The Balaban J connectivity index is 1.43. The van der Waals surface area contributed by atoms with Gasteiger partial charge in [0.15, 0.2) is 22.1 Å². The summed E-state index contributed by atoms with van der Waals surface area (Å²) < 4.78 is 21.1. The third kappa shape index (κ3) is 4.92. The fraction of sp³-hybridized carbons (Fsp3) is 0.583. The third-order valence-corrected chi connectivity index (χ3v) is 7.86. The highest BCUT2D eigenvalue weighted by atomic mass is 32.2. The van der Waals surface area contributed by atoms with Crippen molar-refractivity contribution in [1.82, 2.24) is 25.0 Å². The number of hydrogen-bond acceptors (Lipinski definition) is 10. The van der Waals surface area contributed by atoms with Gasteiger partial charge in [-0.25, -0.2) is 19.0 Å². The molecule has 1 unspecified atom stereocenters. The molecule has 2 aromatic heterocycles. The van der Waals surface area contributed by atoms with E-state index in [9.17, 15) is 14.6 Å². The molecule has 3 aromatic rings. The maximum atomic E-state index is 14.1. The van der Waals surface area contributed by atoms with E-state index in [0.29, 0.717) is 34.1 Å². The van der Waals surface area contributed by atoms with Gasteiger partial charge in [0, 0.05) is 24.1 Å². The highest BCUT2D eigenvalue weighted by molar-refractivity contribution is 7.99. The third-order valence-electron chi connectivity index (χ3n) is 6.81. The number of rotatable bonds is 10. The number of aryl methyl sites for hydroxylation is 1. The summed E-state index contributed by atoms with van der Waals surface area (Å²) in [5.41, 5.74) is 2.50. The van der Waals surface area contributed by atoms with E-state index < -0.39 is 24.4 Å². The Morgan fingerprint density at radius 3 is 2.81 bits per heavy atom. The van der Waals surface area contributed by atoms with Crippen molar-refractivity contribution in [2.75, 3.05) is 24.3 Å². The SMILES string of the molecule is CCCSc1nc(NC2C[C@H]2c2ccc(C)c(F)c2)c2nnn([C@@H]3C[C@H](OCCO)[C@@H](O)[C@H]3O)c2n1. The van der Waals surface area contributed by atoms with Crippen molar-refractivity contribution in [3.63, 3.8) is 0 Å². The lowest BCUT2D eigenvalue weighted by Gasteiger charge is -2.17. The Morgan fingerprint density at radius 2 is 2.06 bits per heavy atom. The first-order valence-corrected chi connectivity index (χ1v) is 13.3. The summed E-state index contributed by atoms with van der Waals surface area (Å²) in [4.78, 5) is 9.37. The van der Waals surface area contributed by atoms with Gasteiger partial charge in [-0.05, 0) is 37.0 Å². The molecule has 0 bridgehead atoms. The minimum atomic E-state index is -1.12. The van der Waals surface area contributed by atoms with Crippen molar-refractivity contribution in [1.29, 1.82) is 0 Å². The van der Waals surface area contributed by atoms with Crippen LogP contribution in [-0.2, 0) is 4.74 Å². The lowest BCUT2D eigenvalue weighted by molar-refractivity contribution is -0.0629. The number of hydrogen-bond donors (Lipinski definition) is 4. The summed E-state index contributed by atoms with van der Waals surface area (Å²) in [6.45, 7) is 3.73.